The second kappa shape index (κ2) is 7.56. The standard InChI is InChI=1S/C18H20BrN3/c19-18-8-6-16(7-9-18)14-20-22-12-10-21(11-13-22)15-17-4-2-1-3-5-17/h1-9,14H,10-13,15H2/p+1. The molecule has 1 N–H and O–H groups in total. The van der Waals surface area contributed by atoms with Gasteiger partial charge in [-0.05, 0) is 17.7 Å². The number of nitrogens with zero attached hydrogens (tertiary/aromatic N) is 2. The van der Waals surface area contributed by atoms with Crippen LogP contribution in [0.5, 0.6) is 0 Å². The van der Waals surface area contributed by atoms with Crippen molar-refractivity contribution in [1.29, 1.82) is 0 Å². The van der Waals surface area contributed by atoms with Crippen molar-refractivity contribution in [2.24, 2.45) is 5.10 Å². The van der Waals surface area contributed by atoms with E-state index in [2.05, 4.69) is 68.5 Å². The van der Waals surface area contributed by atoms with Crippen LogP contribution >= 0.6 is 15.9 Å². The highest BCUT2D eigenvalue weighted by Crippen LogP contribution is 2.09. The lowest BCUT2D eigenvalue weighted by Crippen LogP contribution is -3.13. The predicted octanol–water partition coefficient (Wildman–Crippen LogP) is 2.18. The van der Waals surface area contributed by atoms with E-state index >= 15 is 0 Å². The lowest BCUT2D eigenvalue weighted by Gasteiger charge is -2.30. The zero-order chi connectivity index (χ0) is 15.2. The van der Waals surface area contributed by atoms with Crippen molar-refractivity contribution in [3.05, 3.63) is 70.2 Å². The minimum absolute atomic E-state index is 1.02. The first-order valence-corrected chi connectivity index (χ1v) is 8.51. The van der Waals surface area contributed by atoms with Crippen molar-refractivity contribution in [1.82, 2.24) is 5.01 Å². The Morgan fingerprint density at radius 1 is 1.00 bits per heavy atom. The summed E-state index contributed by atoms with van der Waals surface area (Å²) in [5.74, 6) is 0. The number of hydrazone groups is 1. The first kappa shape index (κ1) is 15.3. The van der Waals surface area contributed by atoms with E-state index in [1.54, 1.807) is 4.90 Å². The maximum Gasteiger partial charge on any atom is 0.103 e. The summed E-state index contributed by atoms with van der Waals surface area (Å²) in [6.07, 6.45) is 1.95. The molecule has 0 radical (unpaired) electrons. The molecule has 0 atom stereocenters. The quantitative estimate of drug-likeness (QED) is 0.830. The van der Waals surface area contributed by atoms with Crippen LogP contribution in [0.4, 0.5) is 0 Å². The average molecular weight is 359 g/mol. The average Bonchev–Trinajstić information content (AvgIpc) is 2.57. The molecule has 2 aromatic rings. The fraction of sp³-hybridized carbons (Fsp3) is 0.278. The normalized spacial score (nSPS) is 16.3. The number of benzene rings is 2. The van der Waals surface area contributed by atoms with Crippen LogP contribution in [0.2, 0.25) is 0 Å². The van der Waals surface area contributed by atoms with E-state index in [0.29, 0.717) is 0 Å². The smallest absolute Gasteiger partial charge is 0.103 e. The largest absolute Gasteiger partial charge is 0.328 e. The third-order valence-electron chi connectivity index (χ3n) is 3.98. The van der Waals surface area contributed by atoms with Gasteiger partial charge in [-0.15, -0.1) is 0 Å². The van der Waals surface area contributed by atoms with E-state index < -0.39 is 0 Å². The predicted molar refractivity (Wildman–Crippen MR) is 94.2 cm³/mol. The van der Waals surface area contributed by atoms with Gasteiger partial charge in [0.05, 0.1) is 32.4 Å². The van der Waals surface area contributed by atoms with Gasteiger partial charge in [-0.2, -0.15) is 5.10 Å². The molecule has 0 bridgehead atoms. The lowest BCUT2D eigenvalue weighted by molar-refractivity contribution is -0.918. The van der Waals surface area contributed by atoms with Gasteiger partial charge < -0.3 is 4.90 Å². The molecule has 1 fully saturated rings. The molecule has 4 heteroatoms. The van der Waals surface area contributed by atoms with Gasteiger partial charge in [-0.25, -0.2) is 0 Å². The van der Waals surface area contributed by atoms with Crippen molar-refractivity contribution in [3.63, 3.8) is 0 Å². The van der Waals surface area contributed by atoms with Gasteiger partial charge in [-0.3, -0.25) is 5.01 Å². The summed E-state index contributed by atoms with van der Waals surface area (Å²) in [5.41, 5.74) is 2.56. The van der Waals surface area contributed by atoms with E-state index in [1.807, 2.05) is 18.3 Å². The van der Waals surface area contributed by atoms with Crippen LogP contribution in [0.15, 0.2) is 64.2 Å². The summed E-state index contributed by atoms with van der Waals surface area (Å²) in [5, 5.41) is 6.78. The van der Waals surface area contributed by atoms with E-state index in [9.17, 15) is 0 Å². The lowest BCUT2D eigenvalue weighted by atomic mass is 10.2. The Bertz CT molecular complexity index is 602. The minimum Gasteiger partial charge on any atom is -0.328 e. The van der Waals surface area contributed by atoms with E-state index in [4.69, 9.17) is 0 Å². The third-order valence-corrected chi connectivity index (χ3v) is 4.51. The number of hydrogen-bond acceptors (Lipinski definition) is 2. The summed E-state index contributed by atoms with van der Waals surface area (Å²) < 4.78 is 1.10. The first-order valence-electron chi connectivity index (χ1n) is 7.71. The maximum atomic E-state index is 4.60. The second-order valence-corrected chi connectivity index (χ2v) is 6.58. The highest BCUT2D eigenvalue weighted by Gasteiger charge is 2.18. The van der Waals surface area contributed by atoms with Crippen LogP contribution < -0.4 is 4.90 Å². The Kier molecular flexibility index (Phi) is 5.24. The SMILES string of the molecule is Brc1ccc(C=NN2CC[NH+](Cc3ccccc3)CC2)cc1. The molecule has 1 heterocycles. The number of halogens is 1. The van der Waals surface area contributed by atoms with Gasteiger partial charge in [0.15, 0.2) is 0 Å². The second-order valence-electron chi connectivity index (χ2n) is 5.66. The maximum absolute atomic E-state index is 4.60. The summed E-state index contributed by atoms with van der Waals surface area (Å²) >= 11 is 3.45. The van der Waals surface area contributed by atoms with Crippen LogP contribution in [0.3, 0.4) is 0 Å². The van der Waals surface area contributed by atoms with Crippen molar-refractivity contribution in [3.8, 4) is 0 Å². The number of nitrogens with one attached hydrogen (secondary N) is 1. The molecule has 1 aliphatic heterocycles. The topological polar surface area (TPSA) is 20.0 Å². The molecule has 3 nitrogen and oxygen atoms in total. The van der Waals surface area contributed by atoms with Gasteiger partial charge >= 0.3 is 0 Å². The summed E-state index contributed by atoms with van der Waals surface area (Å²) in [6, 6.07) is 19.0. The Labute approximate surface area is 140 Å². The van der Waals surface area contributed by atoms with E-state index in [0.717, 1.165) is 42.8 Å². The molecule has 0 aliphatic carbocycles. The molecule has 0 unspecified atom stereocenters. The minimum atomic E-state index is 1.02. The zero-order valence-electron chi connectivity index (χ0n) is 12.6. The monoisotopic (exact) mass is 358 g/mol. The molecule has 0 saturated carbocycles. The van der Waals surface area contributed by atoms with Crippen LogP contribution in [0, 0.1) is 0 Å². The number of rotatable bonds is 4. The van der Waals surface area contributed by atoms with Gasteiger partial charge in [0.2, 0.25) is 0 Å². The molecule has 1 saturated heterocycles. The fourth-order valence-electron chi connectivity index (χ4n) is 2.69. The molecular weight excluding hydrogens is 338 g/mol. The fourth-order valence-corrected chi connectivity index (χ4v) is 2.95. The number of hydrogen-bond donors (Lipinski definition) is 1. The number of quaternary nitrogens is 1. The Balaban J connectivity index is 1.48. The van der Waals surface area contributed by atoms with Gasteiger partial charge in [-0.1, -0.05) is 58.4 Å². The van der Waals surface area contributed by atoms with Crippen LogP contribution in [-0.4, -0.2) is 37.4 Å². The van der Waals surface area contributed by atoms with Crippen LogP contribution in [-0.2, 0) is 6.54 Å². The van der Waals surface area contributed by atoms with Crippen molar-refractivity contribution < 1.29 is 4.90 Å². The summed E-state index contributed by atoms with van der Waals surface area (Å²) in [7, 11) is 0. The molecule has 114 valence electrons. The Morgan fingerprint density at radius 3 is 2.36 bits per heavy atom. The Morgan fingerprint density at radius 2 is 1.68 bits per heavy atom. The molecule has 1 aliphatic rings. The molecule has 0 aromatic heterocycles. The highest BCUT2D eigenvalue weighted by molar-refractivity contribution is 9.10. The van der Waals surface area contributed by atoms with Crippen LogP contribution in [0.25, 0.3) is 0 Å². The van der Waals surface area contributed by atoms with E-state index in [1.165, 1.54) is 5.56 Å². The van der Waals surface area contributed by atoms with Gasteiger partial charge in [0.1, 0.15) is 6.54 Å². The van der Waals surface area contributed by atoms with Crippen molar-refractivity contribution in [2.75, 3.05) is 26.2 Å². The molecule has 0 amide bonds. The third kappa shape index (κ3) is 4.42. The van der Waals surface area contributed by atoms with Crippen LogP contribution in [0.1, 0.15) is 11.1 Å². The number of piperazine rings is 1. The van der Waals surface area contributed by atoms with Crippen molar-refractivity contribution in [2.45, 2.75) is 6.54 Å². The molecular formula is C18H21BrN3+. The zero-order valence-corrected chi connectivity index (χ0v) is 14.2. The highest BCUT2D eigenvalue weighted by atomic mass is 79.9. The van der Waals surface area contributed by atoms with Gasteiger partial charge in [0, 0.05) is 10.0 Å². The summed E-state index contributed by atoms with van der Waals surface area (Å²) in [4.78, 5) is 1.64. The van der Waals surface area contributed by atoms with E-state index in [-0.39, 0.29) is 0 Å². The molecule has 22 heavy (non-hydrogen) atoms. The molecule has 2 aromatic carbocycles. The first-order chi connectivity index (χ1) is 10.8. The van der Waals surface area contributed by atoms with Crippen molar-refractivity contribution >= 4 is 22.1 Å². The summed E-state index contributed by atoms with van der Waals surface area (Å²) in [6.45, 7) is 5.45. The molecule has 3 rings (SSSR count). The van der Waals surface area contributed by atoms with Gasteiger partial charge in [0.25, 0.3) is 0 Å². The molecule has 0 spiro atoms. The Hall–Kier alpha value is -1.65.